The quantitative estimate of drug-likeness (QED) is 0.767. The summed E-state index contributed by atoms with van der Waals surface area (Å²) in [6.07, 6.45) is 0.832. The predicted octanol–water partition coefficient (Wildman–Crippen LogP) is 1.62. The maximum Gasteiger partial charge on any atom is 0.181 e. The van der Waals surface area contributed by atoms with Gasteiger partial charge in [-0.25, -0.2) is 4.98 Å². The third kappa shape index (κ3) is 1.84. The van der Waals surface area contributed by atoms with Gasteiger partial charge in [0.1, 0.15) is 11.6 Å². The molecule has 2 rings (SSSR count). The predicted molar refractivity (Wildman–Crippen MR) is 62.2 cm³/mol. The first-order valence-corrected chi connectivity index (χ1v) is 5.09. The fourth-order valence-corrected chi connectivity index (χ4v) is 1.43. The van der Waals surface area contributed by atoms with Crippen molar-refractivity contribution in [3.63, 3.8) is 0 Å². The van der Waals surface area contributed by atoms with Gasteiger partial charge >= 0.3 is 0 Å². The van der Waals surface area contributed by atoms with Gasteiger partial charge in [-0.3, -0.25) is 5.10 Å². The molecule has 0 saturated heterocycles. The van der Waals surface area contributed by atoms with Crippen LogP contribution in [0.1, 0.15) is 12.7 Å². The van der Waals surface area contributed by atoms with Crippen LogP contribution >= 0.6 is 0 Å². The van der Waals surface area contributed by atoms with Gasteiger partial charge in [-0.1, -0.05) is 6.92 Å². The van der Waals surface area contributed by atoms with Crippen LogP contribution in [0.2, 0.25) is 0 Å². The highest BCUT2D eigenvalue weighted by atomic mass is 16.5. The maximum absolute atomic E-state index is 5.74. The van der Waals surface area contributed by atoms with E-state index < -0.39 is 0 Å². The maximum atomic E-state index is 5.74. The second-order valence-corrected chi connectivity index (χ2v) is 3.42. The molecular formula is C11H14N4O. The molecule has 1 aromatic heterocycles. The molecule has 2 aromatic rings. The smallest absolute Gasteiger partial charge is 0.181 e. The Labute approximate surface area is 93.7 Å². The lowest BCUT2D eigenvalue weighted by Crippen LogP contribution is -1.93. The number of nitrogen functional groups attached to an aromatic ring is 1. The summed E-state index contributed by atoms with van der Waals surface area (Å²) in [4.78, 5) is 4.34. The number of nitrogens with zero attached hydrogens (tertiary/aromatic N) is 2. The summed E-state index contributed by atoms with van der Waals surface area (Å²) in [5, 5.41) is 7.00. The van der Waals surface area contributed by atoms with Crippen LogP contribution in [0.4, 0.5) is 5.69 Å². The Morgan fingerprint density at radius 2 is 2.25 bits per heavy atom. The Morgan fingerprint density at radius 3 is 2.88 bits per heavy atom. The summed E-state index contributed by atoms with van der Waals surface area (Å²) in [5.74, 6) is 2.17. The number of methoxy groups -OCH3 is 1. The first kappa shape index (κ1) is 10.5. The van der Waals surface area contributed by atoms with Crippen LogP contribution in [0.5, 0.6) is 5.75 Å². The number of hydrogen-bond acceptors (Lipinski definition) is 4. The van der Waals surface area contributed by atoms with Gasteiger partial charge < -0.3 is 10.5 Å². The molecule has 0 radical (unpaired) electrons. The van der Waals surface area contributed by atoms with Gasteiger partial charge in [-0.15, -0.1) is 0 Å². The highest BCUT2D eigenvalue weighted by Gasteiger charge is 2.07. The molecule has 1 heterocycles. The van der Waals surface area contributed by atoms with Crippen molar-refractivity contribution in [3.05, 3.63) is 24.0 Å². The van der Waals surface area contributed by atoms with Gasteiger partial charge in [-0.05, 0) is 18.2 Å². The van der Waals surface area contributed by atoms with Crippen LogP contribution in [0.25, 0.3) is 11.4 Å². The van der Waals surface area contributed by atoms with Crippen molar-refractivity contribution in [2.24, 2.45) is 0 Å². The number of hydrogen-bond donors (Lipinski definition) is 2. The molecule has 5 heteroatoms. The third-order valence-electron chi connectivity index (χ3n) is 2.36. The van der Waals surface area contributed by atoms with E-state index >= 15 is 0 Å². The van der Waals surface area contributed by atoms with E-state index in [1.54, 1.807) is 13.2 Å². The number of anilines is 1. The van der Waals surface area contributed by atoms with E-state index in [-0.39, 0.29) is 0 Å². The molecule has 1 aromatic carbocycles. The number of nitrogens with two attached hydrogens (primary N) is 1. The normalized spacial score (nSPS) is 10.4. The van der Waals surface area contributed by atoms with Crippen LogP contribution in [-0.2, 0) is 6.42 Å². The van der Waals surface area contributed by atoms with Crippen molar-refractivity contribution in [2.45, 2.75) is 13.3 Å². The Morgan fingerprint density at radius 1 is 1.44 bits per heavy atom. The van der Waals surface area contributed by atoms with Crippen molar-refractivity contribution >= 4 is 5.69 Å². The molecule has 5 nitrogen and oxygen atoms in total. The lowest BCUT2D eigenvalue weighted by atomic mass is 10.2. The van der Waals surface area contributed by atoms with Crippen molar-refractivity contribution < 1.29 is 4.74 Å². The highest BCUT2D eigenvalue weighted by molar-refractivity contribution is 5.65. The van der Waals surface area contributed by atoms with Crippen LogP contribution in [-0.4, -0.2) is 22.3 Å². The third-order valence-corrected chi connectivity index (χ3v) is 2.36. The number of rotatable bonds is 3. The molecule has 0 amide bonds. The Bertz CT molecular complexity index is 492. The molecule has 0 atom stereocenters. The van der Waals surface area contributed by atoms with Crippen LogP contribution in [0, 0.1) is 0 Å². The molecule has 0 aliphatic rings. The van der Waals surface area contributed by atoms with E-state index in [0.717, 1.165) is 17.8 Å². The van der Waals surface area contributed by atoms with E-state index in [1.807, 2.05) is 19.1 Å². The first-order chi connectivity index (χ1) is 7.74. The minimum atomic E-state index is 0.609. The van der Waals surface area contributed by atoms with Crippen molar-refractivity contribution in [1.82, 2.24) is 15.2 Å². The Hall–Kier alpha value is -2.04. The van der Waals surface area contributed by atoms with E-state index in [2.05, 4.69) is 15.2 Å². The number of benzene rings is 1. The monoisotopic (exact) mass is 218 g/mol. The van der Waals surface area contributed by atoms with Gasteiger partial charge in [0.05, 0.1) is 12.8 Å². The van der Waals surface area contributed by atoms with Crippen LogP contribution in [0.3, 0.4) is 0 Å². The summed E-state index contributed by atoms with van der Waals surface area (Å²) in [6.45, 7) is 2.02. The SMILES string of the molecule is CCc1nc(-c2ccc(N)c(OC)c2)n[nH]1. The lowest BCUT2D eigenvalue weighted by Gasteiger charge is -2.04. The van der Waals surface area contributed by atoms with Crippen LogP contribution in [0.15, 0.2) is 18.2 Å². The zero-order valence-corrected chi connectivity index (χ0v) is 9.32. The summed E-state index contributed by atoms with van der Waals surface area (Å²) < 4.78 is 5.15. The fraction of sp³-hybridized carbons (Fsp3) is 0.273. The molecule has 0 fully saturated rings. The molecule has 3 N–H and O–H groups in total. The molecular weight excluding hydrogens is 204 g/mol. The fourth-order valence-electron chi connectivity index (χ4n) is 1.43. The van der Waals surface area contributed by atoms with Crippen molar-refractivity contribution in [1.29, 1.82) is 0 Å². The van der Waals surface area contributed by atoms with E-state index in [4.69, 9.17) is 10.5 Å². The second-order valence-electron chi connectivity index (χ2n) is 3.42. The molecule has 84 valence electrons. The molecule has 0 saturated carbocycles. The molecule has 16 heavy (non-hydrogen) atoms. The van der Waals surface area contributed by atoms with Gasteiger partial charge in [-0.2, -0.15) is 5.10 Å². The summed E-state index contributed by atoms with van der Waals surface area (Å²) in [7, 11) is 1.59. The van der Waals surface area contributed by atoms with E-state index in [1.165, 1.54) is 0 Å². The van der Waals surface area contributed by atoms with Crippen molar-refractivity contribution in [3.8, 4) is 17.1 Å². The lowest BCUT2D eigenvalue weighted by molar-refractivity contribution is 0.417. The van der Waals surface area contributed by atoms with Gasteiger partial charge in [0.25, 0.3) is 0 Å². The highest BCUT2D eigenvalue weighted by Crippen LogP contribution is 2.26. The largest absolute Gasteiger partial charge is 0.495 e. The van der Waals surface area contributed by atoms with Gasteiger partial charge in [0, 0.05) is 12.0 Å². The van der Waals surface area contributed by atoms with Crippen LogP contribution < -0.4 is 10.5 Å². The standard InChI is InChI=1S/C11H14N4O/c1-3-10-13-11(15-14-10)7-4-5-8(12)9(6-7)16-2/h4-6H,3,12H2,1-2H3,(H,13,14,15). The van der Waals surface area contributed by atoms with Gasteiger partial charge in [0.2, 0.25) is 0 Å². The zero-order chi connectivity index (χ0) is 11.5. The minimum absolute atomic E-state index is 0.609. The number of aromatic amines is 1. The molecule has 0 unspecified atom stereocenters. The average molecular weight is 218 g/mol. The number of H-pyrrole nitrogens is 1. The molecule has 0 bridgehead atoms. The molecule has 0 aliphatic carbocycles. The molecule has 0 spiro atoms. The topological polar surface area (TPSA) is 76.8 Å². The zero-order valence-electron chi connectivity index (χ0n) is 9.32. The first-order valence-electron chi connectivity index (χ1n) is 5.09. The summed E-state index contributed by atoms with van der Waals surface area (Å²) in [6, 6.07) is 5.49. The Balaban J connectivity index is 2.40. The van der Waals surface area contributed by atoms with E-state index in [0.29, 0.717) is 17.3 Å². The number of ether oxygens (including phenoxy) is 1. The number of nitrogens with one attached hydrogen (secondary N) is 1. The Kier molecular flexibility index (Phi) is 2.76. The van der Waals surface area contributed by atoms with E-state index in [9.17, 15) is 0 Å². The summed E-state index contributed by atoms with van der Waals surface area (Å²) in [5.41, 5.74) is 7.24. The van der Waals surface area contributed by atoms with Crippen molar-refractivity contribution in [2.75, 3.05) is 12.8 Å². The number of aryl methyl sites for hydroxylation is 1. The second kappa shape index (κ2) is 4.22. The minimum Gasteiger partial charge on any atom is -0.495 e. The van der Waals surface area contributed by atoms with Gasteiger partial charge in [0.15, 0.2) is 5.82 Å². The summed E-state index contributed by atoms with van der Waals surface area (Å²) >= 11 is 0. The number of aromatic nitrogens is 3. The molecule has 0 aliphatic heterocycles. The average Bonchev–Trinajstić information content (AvgIpc) is 2.78.